The number of ether oxygens (including phenoxy) is 2. The maximum absolute atomic E-state index is 13.2. The van der Waals surface area contributed by atoms with E-state index in [1.165, 1.54) is 39.3 Å². The van der Waals surface area contributed by atoms with Gasteiger partial charge in [0.25, 0.3) is 0 Å². The van der Waals surface area contributed by atoms with Crippen molar-refractivity contribution in [3.8, 4) is 11.5 Å². The predicted molar refractivity (Wildman–Crippen MR) is 115 cm³/mol. The highest BCUT2D eigenvalue weighted by Crippen LogP contribution is 2.33. The average molecular weight is 493 g/mol. The minimum atomic E-state index is -4.09. The number of rotatable bonds is 11. The lowest BCUT2D eigenvalue weighted by Gasteiger charge is -2.25. The quantitative estimate of drug-likeness (QED) is 0.442. The lowest BCUT2D eigenvalue weighted by atomic mass is 10.1. The molecule has 2 N–H and O–H groups in total. The molecule has 1 aromatic carbocycles. The second-order valence-electron chi connectivity index (χ2n) is 7.22. The van der Waals surface area contributed by atoms with Crippen LogP contribution in [0.2, 0.25) is 0 Å². The number of carboxylic acids is 1. The van der Waals surface area contributed by atoms with Gasteiger partial charge < -0.3 is 19.9 Å². The molecule has 2 unspecified atom stereocenters. The summed E-state index contributed by atoms with van der Waals surface area (Å²) in [4.78, 5) is 24.2. The zero-order chi connectivity index (χ0) is 24.1. The smallest absolute Gasteiger partial charge is 0.326 e. The van der Waals surface area contributed by atoms with Gasteiger partial charge in [0.2, 0.25) is 15.9 Å². The zero-order valence-electron chi connectivity index (χ0n) is 18.1. The van der Waals surface area contributed by atoms with Crippen LogP contribution in [0.1, 0.15) is 26.2 Å². The number of hydrogen-bond acceptors (Lipinski definition) is 8. The van der Waals surface area contributed by atoms with E-state index in [0.717, 1.165) is 4.31 Å². The van der Waals surface area contributed by atoms with Crippen LogP contribution in [0.3, 0.4) is 0 Å². The van der Waals surface area contributed by atoms with Crippen molar-refractivity contribution < 1.29 is 41.0 Å². The first-order valence-corrected chi connectivity index (χ1v) is 13.2. The van der Waals surface area contributed by atoms with Gasteiger partial charge in [-0.15, -0.1) is 0 Å². The predicted octanol–water partition coefficient (Wildman–Crippen LogP) is 0.251. The van der Waals surface area contributed by atoms with Gasteiger partial charge in [0, 0.05) is 18.4 Å². The van der Waals surface area contributed by atoms with E-state index in [-0.39, 0.29) is 35.8 Å². The number of sulfonamides is 1. The standard InChI is InChI=1S/C19H28N2O9S2/c1-4-31(25,26)11-9-14(19(23)24)20-18(22)15-6-5-10-21(15)32(27,28)13-7-8-16(29-2)17(12-13)30-3/h7-8,12,14-15H,4-6,9-11H2,1-3H3,(H,20,22)(H,23,24). The number of amides is 1. The zero-order valence-corrected chi connectivity index (χ0v) is 19.7. The molecule has 180 valence electrons. The Morgan fingerprint density at radius 1 is 1.19 bits per heavy atom. The fourth-order valence-electron chi connectivity index (χ4n) is 3.37. The minimum Gasteiger partial charge on any atom is -0.493 e. The van der Waals surface area contributed by atoms with Crippen molar-refractivity contribution in [2.75, 3.05) is 32.3 Å². The molecule has 0 saturated carbocycles. The van der Waals surface area contributed by atoms with Crippen molar-refractivity contribution in [1.82, 2.24) is 9.62 Å². The summed E-state index contributed by atoms with van der Waals surface area (Å²) in [5, 5.41) is 11.7. The molecule has 13 heteroatoms. The summed E-state index contributed by atoms with van der Waals surface area (Å²) in [7, 11) is -4.74. The molecule has 1 aromatic rings. The van der Waals surface area contributed by atoms with E-state index in [0.29, 0.717) is 12.2 Å². The Kier molecular flexibility index (Phi) is 8.48. The van der Waals surface area contributed by atoms with Crippen LogP contribution < -0.4 is 14.8 Å². The van der Waals surface area contributed by atoms with E-state index in [4.69, 9.17) is 9.47 Å². The van der Waals surface area contributed by atoms with E-state index in [1.807, 2.05) is 0 Å². The average Bonchev–Trinajstić information content (AvgIpc) is 3.26. The van der Waals surface area contributed by atoms with Gasteiger partial charge in [-0.05, 0) is 31.4 Å². The van der Waals surface area contributed by atoms with Crippen LogP contribution in [0.5, 0.6) is 11.5 Å². The number of benzene rings is 1. The highest BCUT2D eigenvalue weighted by molar-refractivity contribution is 7.91. The van der Waals surface area contributed by atoms with E-state index < -0.39 is 49.6 Å². The van der Waals surface area contributed by atoms with Crippen molar-refractivity contribution in [2.45, 2.75) is 43.2 Å². The Morgan fingerprint density at radius 2 is 1.84 bits per heavy atom. The summed E-state index contributed by atoms with van der Waals surface area (Å²) >= 11 is 0. The monoisotopic (exact) mass is 492 g/mol. The first kappa shape index (κ1) is 25.9. The molecule has 1 amide bonds. The van der Waals surface area contributed by atoms with E-state index in [2.05, 4.69) is 5.32 Å². The van der Waals surface area contributed by atoms with Crippen molar-refractivity contribution in [1.29, 1.82) is 0 Å². The Bertz CT molecular complexity index is 1050. The highest BCUT2D eigenvalue weighted by atomic mass is 32.2. The third-order valence-corrected chi connectivity index (χ3v) is 8.88. The Balaban J connectivity index is 2.23. The molecule has 1 aliphatic heterocycles. The SMILES string of the molecule is CCS(=O)(=O)CCC(NC(=O)C1CCCN1S(=O)(=O)c1ccc(OC)c(OC)c1)C(=O)O. The van der Waals surface area contributed by atoms with Crippen molar-refractivity contribution in [3.05, 3.63) is 18.2 Å². The van der Waals surface area contributed by atoms with Crippen LogP contribution in [-0.4, -0.2) is 82.5 Å². The van der Waals surface area contributed by atoms with Gasteiger partial charge in [-0.25, -0.2) is 21.6 Å². The Morgan fingerprint density at radius 3 is 2.41 bits per heavy atom. The van der Waals surface area contributed by atoms with Crippen LogP contribution >= 0.6 is 0 Å². The van der Waals surface area contributed by atoms with Gasteiger partial charge in [0.05, 0.1) is 24.9 Å². The number of nitrogens with one attached hydrogen (secondary N) is 1. The molecular formula is C19H28N2O9S2. The molecule has 0 aromatic heterocycles. The third-order valence-electron chi connectivity index (χ3n) is 5.24. The van der Waals surface area contributed by atoms with Crippen molar-refractivity contribution >= 4 is 31.7 Å². The molecule has 1 saturated heterocycles. The first-order valence-electron chi connectivity index (χ1n) is 9.94. The molecule has 32 heavy (non-hydrogen) atoms. The van der Waals surface area contributed by atoms with Crippen molar-refractivity contribution in [2.24, 2.45) is 0 Å². The Labute approximate surface area is 187 Å². The van der Waals surface area contributed by atoms with Gasteiger partial charge in [-0.2, -0.15) is 4.31 Å². The summed E-state index contributed by atoms with van der Waals surface area (Å²) in [6.07, 6.45) is 0.302. The number of aliphatic carboxylic acids is 1. The lowest BCUT2D eigenvalue weighted by molar-refractivity contribution is -0.142. The van der Waals surface area contributed by atoms with Crippen LogP contribution in [0.4, 0.5) is 0 Å². The first-order chi connectivity index (χ1) is 15.0. The summed E-state index contributed by atoms with van der Waals surface area (Å²) < 4.78 is 61.0. The van der Waals surface area contributed by atoms with E-state index in [9.17, 15) is 31.5 Å². The van der Waals surface area contributed by atoms with Crippen LogP contribution in [0.15, 0.2) is 23.1 Å². The summed E-state index contributed by atoms with van der Waals surface area (Å²) in [6, 6.07) is 1.50. The second-order valence-corrected chi connectivity index (χ2v) is 11.6. The topological polar surface area (TPSA) is 156 Å². The fourth-order valence-corrected chi connectivity index (χ4v) is 5.93. The lowest BCUT2D eigenvalue weighted by Crippen LogP contribution is -2.51. The van der Waals surface area contributed by atoms with Gasteiger partial charge in [-0.1, -0.05) is 6.92 Å². The normalized spacial score (nSPS) is 18.2. The van der Waals surface area contributed by atoms with Gasteiger partial charge in [0.1, 0.15) is 21.9 Å². The van der Waals surface area contributed by atoms with Gasteiger partial charge in [-0.3, -0.25) is 4.79 Å². The molecule has 2 atom stereocenters. The largest absolute Gasteiger partial charge is 0.493 e. The Hall–Kier alpha value is -2.38. The summed E-state index contributed by atoms with van der Waals surface area (Å²) in [5.41, 5.74) is 0. The highest BCUT2D eigenvalue weighted by Gasteiger charge is 2.40. The summed E-state index contributed by atoms with van der Waals surface area (Å²) in [5.74, 6) is -2.18. The van der Waals surface area contributed by atoms with Gasteiger partial charge >= 0.3 is 5.97 Å². The molecule has 0 spiro atoms. The number of carboxylic acid groups (broad SMARTS) is 1. The molecule has 0 bridgehead atoms. The fraction of sp³-hybridized carbons (Fsp3) is 0.579. The number of hydrogen-bond donors (Lipinski definition) is 2. The molecular weight excluding hydrogens is 464 g/mol. The van der Waals surface area contributed by atoms with E-state index >= 15 is 0 Å². The number of methoxy groups -OCH3 is 2. The second kappa shape index (κ2) is 10.5. The molecule has 1 fully saturated rings. The molecule has 0 radical (unpaired) electrons. The van der Waals surface area contributed by atoms with Crippen LogP contribution in [-0.2, 0) is 29.4 Å². The molecule has 2 rings (SSSR count). The van der Waals surface area contributed by atoms with Gasteiger partial charge in [0.15, 0.2) is 11.5 Å². The number of sulfone groups is 1. The maximum Gasteiger partial charge on any atom is 0.326 e. The number of carbonyl (C=O) groups excluding carboxylic acids is 1. The number of nitrogens with zero attached hydrogens (tertiary/aromatic N) is 1. The van der Waals surface area contributed by atoms with E-state index in [1.54, 1.807) is 0 Å². The van der Waals surface area contributed by atoms with Crippen molar-refractivity contribution in [3.63, 3.8) is 0 Å². The maximum atomic E-state index is 13.2. The minimum absolute atomic E-state index is 0.0801. The molecule has 1 aliphatic rings. The van der Waals surface area contributed by atoms with Crippen LogP contribution in [0, 0.1) is 0 Å². The molecule has 1 heterocycles. The third kappa shape index (κ3) is 5.90. The molecule has 0 aliphatic carbocycles. The number of carbonyl (C=O) groups is 2. The molecule has 11 nitrogen and oxygen atoms in total. The van der Waals surface area contributed by atoms with Crippen LogP contribution in [0.25, 0.3) is 0 Å². The summed E-state index contributed by atoms with van der Waals surface area (Å²) in [6.45, 7) is 1.52.